The SMILES string of the molecule is COc1ccc(CCNC(=O)/C(C#N)=C\NCc2ccco2)cc1OC. The van der Waals surface area contributed by atoms with Gasteiger partial charge < -0.3 is 24.5 Å². The van der Waals surface area contributed by atoms with Gasteiger partial charge in [0.25, 0.3) is 5.91 Å². The minimum Gasteiger partial charge on any atom is -0.493 e. The minimum absolute atomic E-state index is 0.00358. The van der Waals surface area contributed by atoms with Crippen molar-refractivity contribution in [3.8, 4) is 17.6 Å². The van der Waals surface area contributed by atoms with Crippen molar-refractivity contribution in [3.63, 3.8) is 0 Å². The van der Waals surface area contributed by atoms with Gasteiger partial charge in [-0.3, -0.25) is 4.79 Å². The van der Waals surface area contributed by atoms with E-state index in [1.54, 1.807) is 32.6 Å². The summed E-state index contributed by atoms with van der Waals surface area (Å²) in [5, 5.41) is 14.7. The second-order valence-electron chi connectivity index (χ2n) is 5.33. The average molecular weight is 355 g/mol. The Kier molecular flexibility index (Phi) is 7.13. The van der Waals surface area contributed by atoms with Gasteiger partial charge in [-0.15, -0.1) is 0 Å². The van der Waals surface area contributed by atoms with Crippen LogP contribution >= 0.6 is 0 Å². The molecule has 1 aromatic carbocycles. The summed E-state index contributed by atoms with van der Waals surface area (Å²) in [4.78, 5) is 12.1. The Balaban J connectivity index is 1.83. The monoisotopic (exact) mass is 355 g/mol. The third-order valence-electron chi connectivity index (χ3n) is 3.62. The van der Waals surface area contributed by atoms with Crippen molar-refractivity contribution in [3.05, 3.63) is 59.7 Å². The summed E-state index contributed by atoms with van der Waals surface area (Å²) in [5.41, 5.74) is 0.991. The molecule has 2 aromatic rings. The van der Waals surface area contributed by atoms with Crippen LogP contribution in [0, 0.1) is 11.3 Å². The van der Waals surface area contributed by atoms with Gasteiger partial charge in [0.1, 0.15) is 17.4 Å². The molecule has 1 heterocycles. The molecule has 0 unspecified atom stereocenters. The molecule has 1 amide bonds. The maximum Gasteiger partial charge on any atom is 0.263 e. The van der Waals surface area contributed by atoms with E-state index in [4.69, 9.17) is 19.2 Å². The van der Waals surface area contributed by atoms with Crippen LogP contribution in [0.5, 0.6) is 11.5 Å². The molecule has 0 aliphatic carbocycles. The van der Waals surface area contributed by atoms with Crippen LogP contribution in [0.3, 0.4) is 0 Å². The summed E-state index contributed by atoms with van der Waals surface area (Å²) in [5.74, 6) is 1.57. The number of nitriles is 1. The molecule has 0 fully saturated rings. The lowest BCUT2D eigenvalue weighted by molar-refractivity contribution is -0.117. The first-order chi connectivity index (χ1) is 12.7. The highest BCUT2D eigenvalue weighted by Crippen LogP contribution is 2.27. The van der Waals surface area contributed by atoms with Crippen LogP contribution in [0.15, 0.2) is 52.8 Å². The van der Waals surface area contributed by atoms with E-state index in [2.05, 4.69) is 10.6 Å². The molecule has 0 aliphatic rings. The maximum atomic E-state index is 12.1. The predicted octanol–water partition coefficient (Wildman–Crippen LogP) is 2.15. The molecule has 0 saturated carbocycles. The van der Waals surface area contributed by atoms with E-state index in [1.807, 2.05) is 24.3 Å². The third-order valence-corrected chi connectivity index (χ3v) is 3.62. The highest BCUT2D eigenvalue weighted by molar-refractivity contribution is 5.97. The van der Waals surface area contributed by atoms with Crippen LogP contribution in [0.2, 0.25) is 0 Å². The molecular formula is C19H21N3O4. The first-order valence-corrected chi connectivity index (χ1v) is 8.03. The normalized spacial score (nSPS) is 10.7. The van der Waals surface area contributed by atoms with Gasteiger partial charge in [-0.25, -0.2) is 0 Å². The van der Waals surface area contributed by atoms with Crippen molar-refractivity contribution in [2.45, 2.75) is 13.0 Å². The second kappa shape index (κ2) is 9.79. The Morgan fingerprint density at radius 1 is 1.27 bits per heavy atom. The number of furan rings is 1. The molecule has 136 valence electrons. The lowest BCUT2D eigenvalue weighted by atomic mass is 10.1. The molecule has 0 radical (unpaired) electrons. The Labute approximate surface area is 152 Å². The molecule has 0 bridgehead atoms. The van der Waals surface area contributed by atoms with Crippen LogP contribution in [-0.2, 0) is 17.8 Å². The Bertz CT molecular complexity index is 792. The van der Waals surface area contributed by atoms with E-state index in [1.165, 1.54) is 6.20 Å². The van der Waals surface area contributed by atoms with Gasteiger partial charge in [0.2, 0.25) is 0 Å². The Hall–Kier alpha value is -3.40. The number of ether oxygens (including phenoxy) is 2. The molecule has 0 atom stereocenters. The fourth-order valence-corrected chi connectivity index (χ4v) is 2.27. The summed E-state index contributed by atoms with van der Waals surface area (Å²) < 4.78 is 15.6. The van der Waals surface area contributed by atoms with Crippen LogP contribution in [0.4, 0.5) is 0 Å². The van der Waals surface area contributed by atoms with Gasteiger partial charge in [0.05, 0.1) is 27.0 Å². The number of hydrogen-bond acceptors (Lipinski definition) is 6. The summed E-state index contributed by atoms with van der Waals surface area (Å²) in [6.07, 6.45) is 3.55. The molecule has 26 heavy (non-hydrogen) atoms. The Morgan fingerprint density at radius 2 is 2.08 bits per heavy atom. The van der Waals surface area contributed by atoms with E-state index in [0.717, 1.165) is 5.56 Å². The summed E-state index contributed by atoms with van der Waals surface area (Å²) in [6, 6.07) is 11.0. The molecule has 2 rings (SSSR count). The molecule has 0 aliphatic heterocycles. The van der Waals surface area contributed by atoms with Gasteiger partial charge >= 0.3 is 0 Å². The number of carbonyl (C=O) groups excluding carboxylic acids is 1. The summed E-state index contributed by atoms with van der Waals surface area (Å²) in [6.45, 7) is 0.794. The van der Waals surface area contributed by atoms with Crippen molar-refractivity contribution in [1.29, 1.82) is 5.26 Å². The van der Waals surface area contributed by atoms with E-state index in [0.29, 0.717) is 36.8 Å². The van der Waals surface area contributed by atoms with E-state index in [-0.39, 0.29) is 5.57 Å². The van der Waals surface area contributed by atoms with Gasteiger partial charge in [-0.2, -0.15) is 5.26 Å². The molecule has 7 nitrogen and oxygen atoms in total. The molecule has 1 aromatic heterocycles. The highest BCUT2D eigenvalue weighted by Gasteiger charge is 2.09. The van der Waals surface area contributed by atoms with E-state index in [9.17, 15) is 4.79 Å². The number of rotatable bonds is 9. The van der Waals surface area contributed by atoms with E-state index >= 15 is 0 Å². The van der Waals surface area contributed by atoms with Gasteiger partial charge in [0, 0.05) is 12.7 Å². The molecule has 0 saturated heterocycles. The van der Waals surface area contributed by atoms with E-state index < -0.39 is 5.91 Å². The molecular weight excluding hydrogens is 334 g/mol. The summed E-state index contributed by atoms with van der Waals surface area (Å²) in [7, 11) is 3.15. The zero-order valence-corrected chi connectivity index (χ0v) is 14.7. The number of nitrogens with one attached hydrogen (secondary N) is 2. The molecule has 2 N–H and O–H groups in total. The van der Waals surface area contributed by atoms with Gasteiger partial charge in [-0.05, 0) is 36.2 Å². The van der Waals surface area contributed by atoms with Crippen molar-refractivity contribution < 1.29 is 18.7 Å². The minimum atomic E-state index is -0.431. The Morgan fingerprint density at radius 3 is 2.73 bits per heavy atom. The number of nitrogens with zero attached hydrogens (tertiary/aromatic N) is 1. The van der Waals surface area contributed by atoms with Crippen molar-refractivity contribution in [1.82, 2.24) is 10.6 Å². The lowest BCUT2D eigenvalue weighted by Gasteiger charge is -2.10. The highest BCUT2D eigenvalue weighted by atomic mass is 16.5. The molecule has 7 heteroatoms. The van der Waals surface area contributed by atoms with Crippen LogP contribution in [0.1, 0.15) is 11.3 Å². The first-order valence-electron chi connectivity index (χ1n) is 8.03. The number of carbonyl (C=O) groups is 1. The largest absolute Gasteiger partial charge is 0.493 e. The van der Waals surface area contributed by atoms with Gasteiger partial charge in [-0.1, -0.05) is 6.07 Å². The fourth-order valence-electron chi connectivity index (χ4n) is 2.27. The van der Waals surface area contributed by atoms with Crippen molar-refractivity contribution >= 4 is 5.91 Å². The second-order valence-corrected chi connectivity index (χ2v) is 5.33. The maximum absolute atomic E-state index is 12.1. The quantitative estimate of drug-likeness (QED) is 0.528. The number of amides is 1. The van der Waals surface area contributed by atoms with Crippen molar-refractivity contribution in [2.24, 2.45) is 0 Å². The van der Waals surface area contributed by atoms with Crippen LogP contribution < -0.4 is 20.1 Å². The summed E-state index contributed by atoms with van der Waals surface area (Å²) >= 11 is 0. The topological polar surface area (TPSA) is 96.5 Å². The van der Waals surface area contributed by atoms with Crippen LogP contribution in [0.25, 0.3) is 0 Å². The zero-order valence-electron chi connectivity index (χ0n) is 14.7. The van der Waals surface area contributed by atoms with Crippen LogP contribution in [-0.4, -0.2) is 26.7 Å². The lowest BCUT2D eigenvalue weighted by Crippen LogP contribution is -2.27. The molecule has 0 spiro atoms. The standard InChI is InChI=1S/C19H21N3O4/c1-24-17-6-5-14(10-18(17)25-2)7-8-22-19(23)15(11-20)12-21-13-16-4-3-9-26-16/h3-6,9-10,12,21H,7-8,13H2,1-2H3,(H,22,23)/b15-12-. The van der Waals surface area contributed by atoms with Crippen molar-refractivity contribution in [2.75, 3.05) is 20.8 Å². The predicted molar refractivity (Wildman–Crippen MR) is 95.5 cm³/mol. The number of benzene rings is 1. The first kappa shape index (κ1) is 18.9. The van der Waals surface area contributed by atoms with Gasteiger partial charge in [0.15, 0.2) is 11.5 Å². The third kappa shape index (κ3) is 5.31. The zero-order chi connectivity index (χ0) is 18.8. The average Bonchev–Trinajstić information content (AvgIpc) is 3.18. The fraction of sp³-hybridized carbons (Fsp3) is 0.263. The number of hydrogen-bond donors (Lipinski definition) is 2. The number of methoxy groups -OCH3 is 2. The smallest absolute Gasteiger partial charge is 0.263 e.